The first-order chi connectivity index (χ1) is 9.95. The molecular weight excluding hydrogens is 272 g/mol. The van der Waals surface area contributed by atoms with E-state index in [4.69, 9.17) is 5.26 Å². The summed E-state index contributed by atoms with van der Waals surface area (Å²) in [7, 11) is 2.74. The van der Waals surface area contributed by atoms with Gasteiger partial charge in [0, 0.05) is 20.3 Å². The minimum Gasteiger partial charge on any atom is -0.321 e. The average molecular weight is 284 g/mol. The highest BCUT2D eigenvalue weighted by Crippen LogP contribution is 2.14. The predicted octanol–water partition coefficient (Wildman–Crippen LogP) is 0.208. The average Bonchev–Trinajstić information content (AvgIpc) is 2.49. The summed E-state index contributed by atoms with van der Waals surface area (Å²) in [4.78, 5) is 35.7. The van der Waals surface area contributed by atoms with E-state index in [1.54, 1.807) is 24.3 Å². The Balaban J connectivity index is 2.45. The molecule has 0 bridgehead atoms. The Morgan fingerprint density at radius 3 is 2.57 bits per heavy atom. The summed E-state index contributed by atoms with van der Waals surface area (Å²) >= 11 is 0. The predicted molar refractivity (Wildman–Crippen MR) is 76.0 cm³/mol. The minimum atomic E-state index is -0.690. The van der Waals surface area contributed by atoms with Gasteiger partial charge in [-0.3, -0.25) is 14.2 Å². The van der Waals surface area contributed by atoms with Gasteiger partial charge in [-0.05, 0) is 12.1 Å². The number of benzene rings is 1. The van der Waals surface area contributed by atoms with E-state index in [1.807, 2.05) is 6.07 Å². The number of para-hydroxylation sites is 1. The first kappa shape index (κ1) is 14.3. The lowest BCUT2D eigenvalue weighted by atomic mass is 10.2. The molecule has 21 heavy (non-hydrogen) atoms. The van der Waals surface area contributed by atoms with Gasteiger partial charge in [0.15, 0.2) is 0 Å². The molecule has 0 aliphatic rings. The Labute approximate surface area is 119 Å². The lowest BCUT2D eigenvalue weighted by Gasteiger charge is -2.08. The number of aryl methyl sites for hydroxylation is 1. The molecule has 1 amide bonds. The SMILES string of the molecule is Cn1cc(C(=O)Nc2ccccc2C#N)c(=O)n(C)c1=O. The molecule has 0 unspecified atom stereocenters. The number of aromatic nitrogens is 2. The van der Waals surface area contributed by atoms with Gasteiger partial charge in [-0.2, -0.15) is 5.26 Å². The van der Waals surface area contributed by atoms with Crippen molar-refractivity contribution in [2.45, 2.75) is 0 Å². The molecule has 1 aromatic carbocycles. The second-order valence-electron chi connectivity index (χ2n) is 4.41. The zero-order valence-electron chi connectivity index (χ0n) is 11.5. The number of nitrogens with one attached hydrogen (secondary N) is 1. The van der Waals surface area contributed by atoms with Crippen molar-refractivity contribution >= 4 is 11.6 Å². The molecule has 1 heterocycles. The lowest BCUT2D eigenvalue weighted by molar-refractivity contribution is 0.102. The van der Waals surface area contributed by atoms with Crippen LogP contribution in [0.5, 0.6) is 0 Å². The Bertz CT molecular complexity index is 871. The van der Waals surface area contributed by atoms with Crippen molar-refractivity contribution in [2.24, 2.45) is 14.1 Å². The Morgan fingerprint density at radius 1 is 1.24 bits per heavy atom. The van der Waals surface area contributed by atoms with Crippen LogP contribution in [0.25, 0.3) is 0 Å². The normalized spacial score (nSPS) is 9.95. The fourth-order valence-corrected chi connectivity index (χ4v) is 1.84. The van der Waals surface area contributed by atoms with Gasteiger partial charge < -0.3 is 9.88 Å². The molecule has 0 saturated carbocycles. The number of carbonyl (C=O) groups excluding carboxylic acids is 1. The number of nitriles is 1. The van der Waals surface area contributed by atoms with Gasteiger partial charge in [-0.25, -0.2) is 4.79 Å². The third-order valence-electron chi connectivity index (χ3n) is 2.99. The third kappa shape index (κ3) is 2.60. The van der Waals surface area contributed by atoms with Crippen molar-refractivity contribution in [1.82, 2.24) is 9.13 Å². The second kappa shape index (κ2) is 5.46. The van der Waals surface area contributed by atoms with Crippen LogP contribution < -0.4 is 16.6 Å². The molecule has 0 aliphatic heterocycles. The Morgan fingerprint density at radius 2 is 1.90 bits per heavy atom. The van der Waals surface area contributed by atoms with Gasteiger partial charge in [-0.15, -0.1) is 0 Å². The maximum Gasteiger partial charge on any atom is 0.330 e. The first-order valence-corrected chi connectivity index (χ1v) is 6.03. The van der Waals surface area contributed by atoms with Gasteiger partial charge in [0.25, 0.3) is 11.5 Å². The molecule has 2 rings (SSSR count). The van der Waals surface area contributed by atoms with Crippen LogP contribution in [-0.2, 0) is 14.1 Å². The largest absolute Gasteiger partial charge is 0.330 e. The van der Waals surface area contributed by atoms with Gasteiger partial charge in [0.1, 0.15) is 11.6 Å². The van der Waals surface area contributed by atoms with Gasteiger partial charge in [0.2, 0.25) is 0 Å². The van der Waals surface area contributed by atoms with E-state index in [2.05, 4.69) is 5.32 Å². The zero-order valence-corrected chi connectivity index (χ0v) is 11.5. The number of hydrogen-bond donors (Lipinski definition) is 1. The molecule has 7 heteroatoms. The molecule has 1 N–H and O–H groups in total. The van der Waals surface area contributed by atoms with E-state index < -0.39 is 17.2 Å². The van der Waals surface area contributed by atoms with E-state index in [1.165, 1.54) is 20.3 Å². The van der Waals surface area contributed by atoms with E-state index in [9.17, 15) is 14.4 Å². The number of anilines is 1. The summed E-state index contributed by atoms with van der Waals surface area (Å²) in [6.45, 7) is 0. The molecule has 0 spiro atoms. The number of carbonyl (C=O) groups is 1. The fourth-order valence-electron chi connectivity index (χ4n) is 1.84. The molecule has 0 radical (unpaired) electrons. The molecule has 0 atom stereocenters. The molecular formula is C14H12N4O3. The summed E-state index contributed by atoms with van der Waals surface area (Å²) in [5, 5.41) is 11.5. The number of hydrogen-bond acceptors (Lipinski definition) is 4. The van der Waals surface area contributed by atoms with Crippen LogP contribution in [-0.4, -0.2) is 15.0 Å². The van der Waals surface area contributed by atoms with Gasteiger partial charge in [-0.1, -0.05) is 12.1 Å². The van der Waals surface area contributed by atoms with E-state index >= 15 is 0 Å². The maximum absolute atomic E-state index is 12.2. The van der Waals surface area contributed by atoms with Crippen LogP contribution >= 0.6 is 0 Å². The molecule has 2 aromatic rings. The molecule has 0 aliphatic carbocycles. The molecule has 106 valence electrons. The van der Waals surface area contributed by atoms with Crippen molar-refractivity contribution in [3.05, 3.63) is 62.4 Å². The van der Waals surface area contributed by atoms with Gasteiger partial charge >= 0.3 is 5.69 Å². The van der Waals surface area contributed by atoms with Crippen LogP contribution in [0.1, 0.15) is 15.9 Å². The number of rotatable bonds is 2. The van der Waals surface area contributed by atoms with Crippen LogP contribution in [0, 0.1) is 11.3 Å². The molecule has 0 saturated heterocycles. The van der Waals surface area contributed by atoms with E-state index in [-0.39, 0.29) is 11.1 Å². The number of nitrogens with zero attached hydrogens (tertiary/aromatic N) is 3. The minimum absolute atomic E-state index is 0.174. The second-order valence-corrected chi connectivity index (χ2v) is 4.41. The van der Waals surface area contributed by atoms with Gasteiger partial charge in [0.05, 0.1) is 11.3 Å². The Kier molecular flexibility index (Phi) is 3.71. The topological polar surface area (TPSA) is 96.9 Å². The van der Waals surface area contributed by atoms with Crippen molar-refractivity contribution in [3.63, 3.8) is 0 Å². The monoisotopic (exact) mass is 284 g/mol. The summed E-state index contributed by atoms with van der Waals surface area (Å²) < 4.78 is 2.00. The van der Waals surface area contributed by atoms with E-state index in [0.717, 1.165) is 9.13 Å². The van der Waals surface area contributed by atoms with Crippen molar-refractivity contribution in [1.29, 1.82) is 5.26 Å². The summed E-state index contributed by atoms with van der Waals surface area (Å²) in [6.07, 6.45) is 1.18. The first-order valence-electron chi connectivity index (χ1n) is 6.03. The highest BCUT2D eigenvalue weighted by molar-refractivity contribution is 6.04. The lowest BCUT2D eigenvalue weighted by Crippen LogP contribution is -2.40. The highest BCUT2D eigenvalue weighted by atomic mass is 16.2. The fraction of sp³-hybridized carbons (Fsp3) is 0.143. The zero-order chi connectivity index (χ0) is 15.6. The quantitative estimate of drug-likeness (QED) is 0.852. The molecule has 7 nitrogen and oxygen atoms in total. The summed E-state index contributed by atoms with van der Waals surface area (Å²) in [5.74, 6) is -0.672. The van der Waals surface area contributed by atoms with Crippen molar-refractivity contribution < 1.29 is 4.79 Å². The van der Waals surface area contributed by atoms with Crippen LogP contribution in [0.15, 0.2) is 40.1 Å². The maximum atomic E-state index is 12.2. The third-order valence-corrected chi connectivity index (χ3v) is 2.99. The van der Waals surface area contributed by atoms with Crippen LogP contribution in [0.4, 0.5) is 5.69 Å². The van der Waals surface area contributed by atoms with E-state index in [0.29, 0.717) is 5.69 Å². The highest BCUT2D eigenvalue weighted by Gasteiger charge is 2.15. The van der Waals surface area contributed by atoms with Crippen LogP contribution in [0.2, 0.25) is 0 Å². The summed E-state index contributed by atoms with van der Waals surface area (Å²) in [5.41, 5.74) is -0.792. The van der Waals surface area contributed by atoms with Crippen molar-refractivity contribution in [2.75, 3.05) is 5.32 Å². The summed E-state index contributed by atoms with van der Waals surface area (Å²) in [6, 6.07) is 8.38. The standard InChI is InChI=1S/C14H12N4O3/c1-17-8-10(13(20)18(2)14(17)21)12(19)16-11-6-4-3-5-9(11)7-15/h3-6,8H,1-2H3,(H,16,19). The molecule has 1 aromatic heterocycles. The van der Waals surface area contributed by atoms with Crippen LogP contribution in [0.3, 0.4) is 0 Å². The Hall–Kier alpha value is -3.14. The molecule has 0 fully saturated rings. The number of amides is 1. The smallest absolute Gasteiger partial charge is 0.321 e. The van der Waals surface area contributed by atoms with Crippen molar-refractivity contribution in [3.8, 4) is 6.07 Å².